The van der Waals surface area contributed by atoms with Crippen molar-refractivity contribution in [3.8, 4) is 17.0 Å². The minimum absolute atomic E-state index is 0.0165. The van der Waals surface area contributed by atoms with Gasteiger partial charge in [0.05, 0.1) is 23.7 Å². The van der Waals surface area contributed by atoms with Gasteiger partial charge in [0.25, 0.3) is 5.91 Å². The molecule has 8 nitrogen and oxygen atoms in total. The molecule has 3 fully saturated rings. The smallest absolute Gasteiger partial charge is 0.395 e. The molecule has 41 heavy (non-hydrogen) atoms. The molecule has 1 aliphatic carbocycles. The lowest BCUT2D eigenvalue weighted by atomic mass is 9.67. The Morgan fingerprint density at radius 2 is 1.83 bits per heavy atom. The quantitative estimate of drug-likeness (QED) is 0.462. The highest BCUT2D eigenvalue weighted by Gasteiger charge is 2.58. The number of nitrogens with two attached hydrogens (primary N) is 1. The fourth-order valence-electron chi connectivity index (χ4n) is 6.04. The van der Waals surface area contributed by atoms with Crippen LogP contribution in [-0.2, 0) is 4.79 Å². The number of amides is 2. The van der Waals surface area contributed by atoms with Crippen LogP contribution >= 0.6 is 0 Å². The highest BCUT2D eigenvalue weighted by atomic mass is 19.4. The van der Waals surface area contributed by atoms with Crippen molar-refractivity contribution in [2.45, 2.75) is 56.8 Å². The van der Waals surface area contributed by atoms with Gasteiger partial charge in [-0.1, -0.05) is 12.5 Å². The van der Waals surface area contributed by atoms with E-state index in [1.165, 1.54) is 18.3 Å². The number of primary amides is 1. The number of halogens is 4. The average molecular weight is 579 g/mol. The molecular formula is C29H34F4N4O4. The maximum absolute atomic E-state index is 14.9. The summed E-state index contributed by atoms with van der Waals surface area (Å²) in [6.07, 6.45) is -0.915. The molecule has 1 aromatic carbocycles. The van der Waals surface area contributed by atoms with Gasteiger partial charge in [-0.15, -0.1) is 0 Å². The molecule has 0 spiro atoms. The van der Waals surface area contributed by atoms with E-state index in [1.54, 1.807) is 18.2 Å². The molecule has 0 radical (unpaired) electrons. The van der Waals surface area contributed by atoms with Gasteiger partial charge >= 0.3 is 6.18 Å². The van der Waals surface area contributed by atoms with Crippen LogP contribution in [0.25, 0.3) is 11.1 Å². The summed E-state index contributed by atoms with van der Waals surface area (Å²) in [6, 6.07) is 6.49. The zero-order chi connectivity index (χ0) is 29.4. The van der Waals surface area contributed by atoms with E-state index in [-0.39, 0.29) is 43.8 Å². The third-order valence-corrected chi connectivity index (χ3v) is 8.75. The minimum Gasteiger partial charge on any atom is -0.477 e. The fourth-order valence-corrected chi connectivity index (χ4v) is 6.04. The molecule has 2 unspecified atom stereocenters. The highest BCUT2D eigenvalue weighted by molar-refractivity contribution is 5.98. The zero-order valence-electron chi connectivity index (χ0n) is 22.6. The summed E-state index contributed by atoms with van der Waals surface area (Å²) >= 11 is 0. The van der Waals surface area contributed by atoms with E-state index in [1.807, 2.05) is 4.90 Å². The van der Waals surface area contributed by atoms with Crippen LogP contribution in [0.4, 0.5) is 17.6 Å². The number of carbonyl (C=O) groups excluding carboxylic acids is 2. The summed E-state index contributed by atoms with van der Waals surface area (Å²) in [6.45, 7) is 1.62. The molecule has 3 heterocycles. The first kappa shape index (κ1) is 29.2. The minimum atomic E-state index is -4.15. The lowest BCUT2D eigenvalue weighted by Gasteiger charge is -2.47. The molecule has 5 rings (SSSR count). The Kier molecular flexibility index (Phi) is 8.24. The van der Waals surface area contributed by atoms with Gasteiger partial charge in [0.15, 0.2) is 0 Å². The number of rotatable bonds is 8. The molecule has 2 atom stereocenters. The lowest BCUT2D eigenvalue weighted by Crippen LogP contribution is -2.53. The van der Waals surface area contributed by atoms with E-state index in [9.17, 15) is 32.3 Å². The number of hydrogen-bond acceptors (Lipinski definition) is 6. The Morgan fingerprint density at radius 1 is 1.12 bits per heavy atom. The summed E-state index contributed by atoms with van der Waals surface area (Å²) in [7, 11) is 0. The molecule has 3 aliphatic rings. The van der Waals surface area contributed by atoms with Crippen LogP contribution in [0.2, 0.25) is 0 Å². The summed E-state index contributed by atoms with van der Waals surface area (Å²) in [5.74, 6) is -1.64. The summed E-state index contributed by atoms with van der Waals surface area (Å²) in [4.78, 5) is 31.8. The SMILES string of the molecule is NC(=O)C1CC(O)CN1C(=O)c1ccc(-c2ccc(OCC3CCN(CC4(C(F)(F)F)CCC4)CC3)nc2)cc1F. The molecule has 0 bridgehead atoms. The molecular weight excluding hydrogens is 544 g/mol. The summed E-state index contributed by atoms with van der Waals surface area (Å²) in [5, 5.41) is 9.84. The van der Waals surface area contributed by atoms with Gasteiger partial charge in [-0.2, -0.15) is 13.2 Å². The number of alkyl halides is 3. The molecule has 222 valence electrons. The van der Waals surface area contributed by atoms with E-state index >= 15 is 0 Å². The molecule has 12 heteroatoms. The standard InChI is InChI=1S/C29H34F4N4O4/c30-23-12-19(2-4-22(23)27(40)37-15-21(38)13-24(37)26(34)39)20-3-5-25(35-14-20)41-16-18-6-10-36(11-7-18)17-28(8-1-9-28)29(31,32)33/h2-5,12,14,18,21,24,38H,1,6-11,13,15-17H2,(H2,34,39). The first-order chi connectivity index (χ1) is 19.5. The van der Waals surface area contributed by atoms with Gasteiger partial charge < -0.3 is 25.4 Å². The lowest BCUT2D eigenvalue weighted by molar-refractivity contribution is -0.256. The number of aromatic nitrogens is 1. The molecule has 1 aromatic heterocycles. The van der Waals surface area contributed by atoms with Crippen LogP contribution in [0.5, 0.6) is 5.88 Å². The number of carbonyl (C=O) groups is 2. The number of ether oxygens (including phenoxy) is 1. The Morgan fingerprint density at radius 3 is 2.39 bits per heavy atom. The Hall–Kier alpha value is -3.25. The van der Waals surface area contributed by atoms with Crippen molar-refractivity contribution < 1.29 is 37.0 Å². The first-order valence-corrected chi connectivity index (χ1v) is 13.9. The number of hydrogen-bond donors (Lipinski definition) is 2. The van der Waals surface area contributed by atoms with Crippen molar-refractivity contribution in [2.24, 2.45) is 17.1 Å². The van der Waals surface area contributed by atoms with Gasteiger partial charge in [-0.05, 0) is 68.5 Å². The van der Waals surface area contributed by atoms with Crippen LogP contribution in [0.1, 0.15) is 48.9 Å². The van der Waals surface area contributed by atoms with Crippen LogP contribution in [-0.4, -0.2) is 82.8 Å². The maximum Gasteiger partial charge on any atom is 0.395 e. The van der Waals surface area contributed by atoms with E-state index in [2.05, 4.69) is 4.98 Å². The van der Waals surface area contributed by atoms with Crippen molar-refractivity contribution in [3.63, 3.8) is 0 Å². The fraction of sp³-hybridized carbons (Fsp3) is 0.552. The van der Waals surface area contributed by atoms with Gasteiger partial charge in [-0.3, -0.25) is 9.59 Å². The number of aliphatic hydroxyl groups is 1. The number of benzene rings is 1. The number of piperidine rings is 1. The third kappa shape index (κ3) is 6.18. The van der Waals surface area contributed by atoms with Crippen molar-refractivity contribution >= 4 is 11.8 Å². The molecule has 1 saturated carbocycles. The van der Waals surface area contributed by atoms with Crippen LogP contribution < -0.4 is 10.5 Å². The molecule has 2 aromatic rings. The number of likely N-dealkylation sites (tertiary alicyclic amines) is 2. The second-order valence-corrected chi connectivity index (χ2v) is 11.5. The normalized spacial score (nSPS) is 23.3. The first-order valence-electron chi connectivity index (χ1n) is 13.9. The van der Waals surface area contributed by atoms with Crippen molar-refractivity contribution in [1.82, 2.24) is 14.8 Å². The molecule has 2 aliphatic heterocycles. The highest BCUT2D eigenvalue weighted by Crippen LogP contribution is 2.53. The predicted molar refractivity (Wildman–Crippen MR) is 141 cm³/mol. The third-order valence-electron chi connectivity index (χ3n) is 8.75. The Balaban J connectivity index is 1.13. The van der Waals surface area contributed by atoms with E-state index in [0.29, 0.717) is 43.1 Å². The monoisotopic (exact) mass is 578 g/mol. The number of nitrogens with zero attached hydrogens (tertiary/aromatic N) is 3. The van der Waals surface area contributed by atoms with Crippen LogP contribution in [0.15, 0.2) is 36.5 Å². The van der Waals surface area contributed by atoms with Gasteiger partial charge in [0.1, 0.15) is 11.9 Å². The largest absolute Gasteiger partial charge is 0.477 e. The zero-order valence-corrected chi connectivity index (χ0v) is 22.6. The second kappa shape index (κ2) is 11.6. The maximum atomic E-state index is 14.9. The van der Waals surface area contributed by atoms with E-state index < -0.39 is 41.4 Å². The van der Waals surface area contributed by atoms with Gasteiger partial charge in [-0.25, -0.2) is 9.37 Å². The predicted octanol–water partition coefficient (Wildman–Crippen LogP) is 3.77. The van der Waals surface area contributed by atoms with Gasteiger partial charge in [0.2, 0.25) is 11.8 Å². The van der Waals surface area contributed by atoms with Crippen LogP contribution in [0.3, 0.4) is 0 Å². The van der Waals surface area contributed by atoms with E-state index in [0.717, 1.165) is 17.7 Å². The second-order valence-electron chi connectivity index (χ2n) is 11.5. The van der Waals surface area contributed by atoms with Gasteiger partial charge in [0, 0.05) is 37.3 Å². The molecule has 2 saturated heterocycles. The van der Waals surface area contributed by atoms with Crippen molar-refractivity contribution in [3.05, 3.63) is 47.9 Å². The Bertz CT molecular complexity index is 1260. The van der Waals surface area contributed by atoms with E-state index in [4.69, 9.17) is 10.5 Å². The number of β-amino-alcohol motifs (C(OH)–C–C–N with tert-alkyl or cyclic N) is 1. The number of pyridine rings is 1. The van der Waals surface area contributed by atoms with Crippen molar-refractivity contribution in [1.29, 1.82) is 0 Å². The molecule has 3 N–H and O–H groups in total. The molecule has 2 amide bonds. The summed E-state index contributed by atoms with van der Waals surface area (Å²) in [5.41, 5.74) is 4.66. The summed E-state index contributed by atoms with van der Waals surface area (Å²) < 4.78 is 61.3. The Labute approximate surface area is 235 Å². The topological polar surface area (TPSA) is 109 Å². The average Bonchev–Trinajstić information content (AvgIpc) is 3.31. The number of aliphatic hydroxyl groups excluding tert-OH is 1. The van der Waals surface area contributed by atoms with Crippen molar-refractivity contribution in [2.75, 3.05) is 32.8 Å². The van der Waals surface area contributed by atoms with Crippen LogP contribution in [0, 0.1) is 17.2 Å².